The second kappa shape index (κ2) is 6.35. The van der Waals surface area contributed by atoms with Gasteiger partial charge in [-0.25, -0.2) is 9.18 Å². The average Bonchev–Trinajstić information content (AvgIpc) is 2.56. The highest BCUT2D eigenvalue weighted by Crippen LogP contribution is 2.42. The fourth-order valence-electron chi connectivity index (χ4n) is 2.71. The van der Waals surface area contributed by atoms with Crippen molar-refractivity contribution in [2.45, 2.75) is 32.4 Å². The Morgan fingerprint density at radius 1 is 1.16 bits per heavy atom. The Kier molecular flexibility index (Phi) is 4.37. The van der Waals surface area contributed by atoms with Gasteiger partial charge in [-0.2, -0.15) is 4.39 Å². The maximum Gasteiger partial charge on any atom is 0.415 e. The van der Waals surface area contributed by atoms with E-state index in [0.29, 0.717) is 0 Å². The van der Waals surface area contributed by atoms with Crippen molar-refractivity contribution in [1.82, 2.24) is 0 Å². The lowest BCUT2D eigenvalue weighted by molar-refractivity contribution is 0.0541. The minimum absolute atomic E-state index is 0.00334. The third-order valence-electron chi connectivity index (χ3n) is 3.76. The van der Waals surface area contributed by atoms with Crippen LogP contribution >= 0.6 is 0 Å². The van der Waals surface area contributed by atoms with Gasteiger partial charge in [0.25, 0.3) is 0 Å². The van der Waals surface area contributed by atoms with E-state index in [1.165, 1.54) is 11.0 Å². The molecule has 6 heteroatoms. The van der Waals surface area contributed by atoms with Crippen molar-refractivity contribution in [3.8, 4) is 5.75 Å². The number of amides is 1. The van der Waals surface area contributed by atoms with Gasteiger partial charge in [-0.3, -0.25) is 4.90 Å². The molecule has 1 aliphatic heterocycles. The first-order valence-electron chi connectivity index (χ1n) is 7.96. The number of anilines is 1. The first-order chi connectivity index (χ1) is 11.8. The molecule has 2 aromatic rings. The Labute approximate surface area is 145 Å². The number of rotatable bonds is 1. The van der Waals surface area contributed by atoms with Crippen LogP contribution in [0.3, 0.4) is 0 Å². The van der Waals surface area contributed by atoms with Crippen LogP contribution in [-0.4, -0.2) is 18.3 Å². The van der Waals surface area contributed by atoms with Crippen molar-refractivity contribution in [2.24, 2.45) is 0 Å². The molecule has 0 N–H and O–H groups in total. The Morgan fingerprint density at radius 2 is 1.84 bits per heavy atom. The highest BCUT2D eigenvalue weighted by atomic mass is 19.2. The van der Waals surface area contributed by atoms with Crippen molar-refractivity contribution in [2.75, 3.05) is 11.5 Å². The second-order valence-electron chi connectivity index (χ2n) is 6.80. The van der Waals surface area contributed by atoms with E-state index in [0.717, 1.165) is 11.6 Å². The zero-order chi connectivity index (χ0) is 18.2. The standard InChI is InChI=1S/C19H19F2NO3/c1-19(2,3)25-18(23)22-14-10-9-13(20)16(21)17(14)24-11-15(22)12-7-5-4-6-8-12/h4-10,15H,11H2,1-3H3. The number of ether oxygens (including phenoxy) is 2. The van der Waals surface area contributed by atoms with Gasteiger partial charge in [0.2, 0.25) is 5.82 Å². The van der Waals surface area contributed by atoms with Crippen molar-refractivity contribution < 1.29 is 23.0 Å². The zero-order valence-electron chi connectivity index (χ0n) is 14.3. The topological polar surface area (TPSA) is 38.8 Å². The predicted molar refractivity (Wildman–Crippen MR) is 89.7 cm³/mol. The summed E-state index contributed by atoms with van der Waals surface area (Å²) in [5.74, 6) is -2.42. The van der Waals surface area contributed by atoms with Gasteiger partial charge in [-0.15, -0.1) is 0 Å². The Bertz CT molecular complexity index is 787. The molecule has 1 amide bonds. The van der Waals surface area contributed by atoms with Crippen molar-refractivity contribution in [1.29, 1.82) is 0 Å². The van der Waals surface area contributed by atoms with Crippen LogP contribution in [0.25, 0.3) is 0 Å². The first-order valence-corrected chi connectivity index (χ1v) is 7.96. The summed E-state index contributed by atoms with van der Waals surface area (Å²) in [6.45, 7) is 5.23. The fraction of sp³-hybridized carbons (Fsp3) is 0.316. The van der Waals surface area contributed by atoms with Gasteiger partial charge >= 0.3 is 6.09 Å². The zero-order valence-corrected chi connectivity index (χ0v) is 14.3. The van der Waals surface area contributed by atoms with E-state index in [1.54, 1.807) is 20.8 Å². The number of fused-ring (bicyclic) bond motifs is 1. The molecule has 0 aromatic heterocycles. The molecule has 1 heterocycles. The molecule has 0 bridgehead atoms. The number of nitrogens with zero attached hydrogens (tertiary/aromatic N) is 1. The molecule has 0 saturated carbocycles. The quantitative estimate of drug-likeness (QED) is 0.741. The van der Waals surface area contributed by atoms with Gasteiger partial charge in [-0.1, -0.05) is 30.3 Å². The van der Waals surface area contributed by atoms with Crippen LogP contribution in [-0.2, 0) is 4.74 Å². The number of carbonyl (C=O) groups is 1. The van der Waals surface area contributed by atoms with E-state index in [4.69, 9.17) is 9.47 Å². The molecule has 3 rings (SSSR count). The smallest absolute Gasteiger partial charge is 0.415 e. The fourth-order valence-corrected chi connectivity index (χ4v) is 2.71. The van der Waals surface area contributed by atoms with Gasteiger partial charge in [0.05, 0.1) is 11.7 Å². The van der Waals surface area contributed by atoms with Crippen LogP contribution in [0.2, 0.25) is 0 Å². The van der Waals surface area contributed by atoms with E-state index < -0.39 is 29.4 Å². The minimum Gasteiger partial charge on any atom is -0.486 e. The molecule has 0 radical (unpaired) electrons. The molecule has 4 nitrogen and oxygen atoms in total. The lowest BCUT2D eigenvalue weighted by atomic mass is 10.0. The van der Waals surface area contributed by atoms with Gasteiger partial charge in [0, 0.05) is 0 Å². The molecule has 1 aliphatic rings. The van der Waals surface area contributed by atoms with Crippen molar-refractivity contribution in [3.05, 3.63) is 59.7 Å². The van der Waals surface area contributed by atoms with Crippen molar-refractivity contribution in [3.63, 3.8) is 0 Å². The van der Waals surface area contributed by atoms with Gasteiger partial charge in [-0.05, 0) is 38.5 Å². The molecule has 0 saturated heterocycles. The molecule has 1 unspecified atom stereocenters. The van der Waals surface area contributed by atoms with E-state index in [2.05, 4.69) is 0 Å². The molecule has 0 fully saturated rings. The second-order valence-corrected chi connectivity index (χ2v) is 6.80. The minimum atomic E-state index is -1.11. The molecule has 25 heavy (non-hydrogen) atoms. The summed E-state index contributed by atoms with van der Waals surface area (Å²) in [7, 11) is 0. The summed E-state index contributed by atoms with van der Waals surface area (Å²) in [5.41, 5.74) is 0.229. The van der Waals surface area contributed by atoms with E-state index >= 15 is 0 Å². The first kappa shape index (κ1) is 17.2. The van der Waals surface area contributed by atoms with E-state index in [-0.39, 0.29) is 18.0 Å². The lowest BCUT2D eigenvalue weighted by Crippen LogP contribution is -2.44. The highest BCUT2D eigenvalue weighted by molar-refractivity contribution is 5.91. The summed E-state index contributed by atoms with van der Waals surface area (Å²) >= 11 is 0. The monoisotopic (exact) mass is 347 g/mol. The summed E-state index contributed by atoms with van der Waals surface area (Å²) in [6.07, 6.45) is -0.642. The number of hydrogen-bond donors (Lipinski definition) is 0. The Hall–Kier alpha value is -2.63. The highest BCUT2D eigenvalue weighted by Gasteiger charge is 2.38. The third-order valence-corrected chi connectivity index (χ3v) is 3.76. The van der Waals surface area contributed by atoms with Gasteiger partial charge in [0.1, 0.15) is 12.2 Å². The molecular weight excluding hydrogens is 328 g/mol. The number of halogens is 2. The lowest BCUT2D eigenvalue weighted by Gasteiger charge is -2.38. The summed E-state index contributed by atoms with van der Waals surface area (Å²) in [6, 6.07) is 11.0. The number of hydrogen-bond acceptors (Lipinski definition) is 3. The summed E-state index contributed by atoms with van der Waals surface area (Å²) in [5, 5.41) is 0. The van der Waals surface area contributed by atoms with Crippen molar-refractivity contribution >= 4 is 11.8 Å². The molecule has 0 aliphatic carbocycles. The largest absolute Gasteiger partial charge is 0.486 e. The third kappa shape index (κ3) is 3.43. The van der Waals surface area contributed by atoms with Crippen LogP contribution < -0.4 is 9.64 Å². The van der Waals surface area contributed by atoms with Gasteiger partial charge < -0.3 is 9.47 Å². The molecular formula is C19H19F2NO3. The summed E-state index contributed by atoms with van der Waals surface area (Å²) < 4.78 is 38.6. The number of benzene rings is 2. The summed E-state index contributed by atoms with van der Waals surface area (Å²) in [4.78, 5) is 14.1. The van der Waals surface area contributed by atoms with Crippen LogP contribution in [0.1, 0.15) is 32.4 Å². The maximum absolute atomic E-state index is 14.1. The van der Waals surface area contributed by atoms with Crippen LogP contribution in [0, 0.1) is 11.6 Å². The molecule has 1 atom stereocenters. The van der Waals surface area contributed by atoms with Crippen LogP contribution in [0.5, 0.6) is 5.75 Å². The van der Waals surface area contributed by atoms with E-state index in [1.807, 2.05) is 30.3 Å². The normalized spacial score (nSPS) is 16.8. The molecule has 0 spiro atoms. The maximum atomic E-state index is 14.1. The van der Waals surface area contributed by atoms with Crippen LogP contribution in [0.15, 0.2) is 42.5 Å². The number of carbonyl (C=O) groups excluding carboxylic acids is 1. The Balaban J connectivity index is 2.08. The van der Waals surface area contributed by atoms with Gasteiger partial charge in [0.15, 0.2) is 11.6 Å². The molecule has 132 valence electrons. The molecule has 2 aromatic carbocycles. The van der Waals surface area contributed by atoms with E-state index in [9.17, 15) is 13.6 Å². The van der Waals surface area contributed by atoms with Crippen LogP contribution in [0.4, 0.5) is 19.3 Å². The SMILES string of the molecule is CC(C)(C)OC(=O)N1c2ccc(F)c(F)c2OCC1c1ccccc1. The Morgan fingerprint density at radius 3 is 2.48 bits per heavy atom. The predicted octanol–water partition coefficient (Wildman–Crippen LogP) is 4.84. The average molecular weight is 347 g/mol.